The maximum absolute atomic E-state index is 12.4. The first kappa shape index (κ1) is 16.9. The molecule has 128 valence electrons. The van der Waals surface area contributed by atoms with Crippen molar-refractivity contribution >= 4 is 22.4 Å². The van der Waals surface area contributed by atoms with Gasteiger partial charge in [0.15, 0.2) is 0 Å². The van der Waals surface area contributed by atoms with Crippen LogP contribution >= 0.6 is 11.3 Å². The van der Waals surface area contributed by atoms with E-state index < -0.39 is 0 Å². The number of para-hydroxylation sites is 2. The minimum absolute atomic E-state index is 0.282. The Balaban J connectivity index is 1.57. The number of aromatic nitrogens is 2. The van der Waals surface area contributed by atoms with Crippen molar-refractivity contribution in [3.8, 4) is 11.5 Å². The van der Waals surface area contributed by atoms with Crippen LogP contribution in [0.25, 0.3) is 0 Å². The molecule has 0 radical (unpaired) electrons. The molecule has 0 atom stereocenters. The molecule has 2 aromatic carbocycles. The fourth-order valence-corrected chi connectivity index (χ4v) is 2.71. The van der Waals surface area contributed by atoms with E-state index in [2.05, 4.69) is 15.5 Å². The molecule has 1 heterocycles. The molecule has 6 nitrogen and oxygen atoms in total. The first-order chi connectivity index (χ1) is 12.2. The molecule has 7 heteroatoms. The lowest BCUT2D eigenvalue weighted by atomic mass is 10.2. The van der Waals surface area contributed by atoms with E-state index in [0.29, 0.717) is 29.7 Å². The Morgan fingerprint density at radius 2 is 1.72 bits per heavy atom. The van der Waals surface area contributed by atoms with Crippen LogP contribution in [0.4, 0.5) is 5.13 Å². The van der Waals surface area contributed by atoms with Crippen LogP contribution in [0.5, 0.6) is 11.5 Å². The van der Waals surface area contributed by atoms with Crippen LogP contribution in [0.1, 0.15) is 15.4 Å². The van der Waals surface area contributed by atoms with Crippen LogP contribution in [-0.2, 0) is 0 Å². The molecular formula is C18H17N3O3S. The highest BCUT2D eigenvalue weighted by atomic mass is 32.1. The minimum Gasteiger partial charge on any atom is -0.490 e. The van der Waals surface area contributed by atoms with Gasteiger partial charge in [-0.25, -0.2) is 0 Å². The Labute approximate surface area is 149 Å². The van der Waals surface area contributed by atoms with Crippen molar-refractivity contribution in [1.29, 1.82) is 0 Å². The molecular weight excluding hydrogens is 338 g/mol. The zero-order chi connectivity index (χ0) is 17.5. The lowest BCUT2D eigenvalue weighted by molar-refractivity contribution is 0.102. The van der Waals surface area contributed by atoms with Gasteiger partial charge in [-0.05, 0) is 31.2 Å². The number of aryl methyl sites for hydroxylation is 1. The van der Waals surface area contributed by atoms with Gasteiger partial charge >= 0.3 is 0 Å². The molecule has 0 fully saturated rings. The van der Waals surface area contributed by atoms with Gasteiger partial charge in [-0.2, -0.15) is 0 Å². The Kier molecular flexibility index (Phi) is 5.58. The summed E-state index contributed by atoms with van der Waals surface area (Å²) in [6, 6.07) is 16.6. The number of anilines is 1. The van der Waals surface area contributed by atoms with Crippen molar-refractivity contribution in [1.82, 2.24) is 10.2 Å². The van der Waals surface area contributed by atoms with E-state index in [0.717, 1.165) is 10.8 Å². The summed E-state index contributed by atoms with van der Waals surface area (Å²) in [6.07, 6.45) is 0. The fourth-order valence-electron chi connectivity index (χ4n) is 2.12. The van der Waals surface area contributed by atoms with Gasteiger partial charge in [0.1, 0.15) is 29.7 Å². The summed E-state index contributed by atoms with van der Waals surface area (Å²) in [5.41, 5.74) is 0.440. The van der Waals surface area contributed by atoms with Gasteiger partial charge in [0, 0.05) is 0 Å². The molecule has 0 saturated carbocycles. The second kappa shape index (κ2) is 8.25. The average molecular weight is 355 g/mol. The second-order valence-corrected chi connectivity index (χ2v) is 6.27. The number of carbonyl (C=O) groups excluding carboxylic acids is 1. The standard InChI is InChI=1S/C18H17N3O3S/c1-13-20-21-18(25-13)19-17(22)15-9-5-6-10-16(15)24-12-11-23-14-7-3-2-4-8-14/h2-10H,11-12H2,1H3,(H,19,21,22). The highest BCUT2D eigenvalue weighted by molar-refractivity contribution is 7.15. The summed E-state index contributed by atoms with van der Waals surface area (Å²) in [6.45, 7) is 2.55. The van der Waals surface area contributed by atoms with Crippen molar-refractivity contribution in [2.24, 2.45) is 0 Å². The average Bonchev–Trinajstić information content (AvgIpc) is 3.04. The maximum Gasteiger partial charge on any atom is 0.261 e. The van der Waals surface area contributed by atoms with Gasteiger partial charge in [0.05, 0.1) is 5.56 Å². The number of carbonyl (C=O) groups is 1. The fraction of sp³-hybridized carbons (Fsp3) is 0.167. The first-order valence-electron chi connectivity index (χ1n) is 7.73. The molecule has 0 bridgehead atoms. The summed E-state index contributed by atoms with van der Waals surface area (Å²) >= 11 is 1.32. The van der Waals surface area contributed by atoms with Gasteiger partial charge in [-0.1, -0.05) is 41.7 Å². The Morgan fingerprint density at radius 1 is 1.00 bits per heavy atom. The Hall–Kier alpha value is -2.93. The van der Waals surface area contributed by atoms with E-state index >= 15 is 0 Å². The van der Waals surface area contributed by atoms with Gasteiger partial charge in [-0.15, -0.1) is 10.2 Å². The van der Waals surface area contributed by atoms with Crippen LogP contribution in [0.2, 0.25) is 0 Å². The second-order valence-electron chi connectivity index (χ2n) is 5.09. The van der Waals surface area contributed by atoms with Crippen molar-refractivity contribution in [3.05, 3.63) is 65.2 Å². The van der Waals surface area contributed by atoms with E-state index in [1.54, 1.807) is 18.2 Å². The Bertz CT molecular complexity index is 836. The smallest absolute Gasteiger partial charge is 0.261 e. The largest absolute Gasteiger partial charge is 0.490 e. The zero-order valence-electron chi connectivity index (χ0n) is 13.6. The van der Waals surface area contributed by atoms with Crippen LogP contribution in [-0.4, -0.2) is 29.3 Å². The summed E-state index contributed by atoms with van der Waals surface area (Å²) in [5.74, 6) is 0.998. The van der Waals surface area contributed by atoms with E-state index in [-0.39, 0.29) is 5.91 Å². The van der Waals surface area contributed by atoms with E-state index in [1.807, 2.05) is 43.3 Å². The van der Waals surface area contributed by atoms with Crippen LogP contribution in [0, 0.1) is 6.92 Å². The highest BCUT2D eigenvalue weighted by Crippen LogP contribution is 2.21. The third-order valence-electron chi connectivity index (χ3n) is 3.23. The van der Waals surface area contributed by atoms with Crippen molar-refractivity contribution in [2.75, 3.05) is 18.5 Å². The quantitative estimate of drug-likeness (QED) is 0.656. The van der Waals surface area contributed by atoms with Crippen LogP contribution in [0.3, 0.4) is 0 Å². The summed E-state index contributed by atoms with van der Waals surface area (Å²) in [7, 11) is 0. The van der Waals surface area contributed by atoms with E-state index in [9.17, 15) is 4.79 Å². The highest BCUT2D eigenvalue weighted by Gasteiger charge is 2.14. The van der Waals surface area contributed by atoms with Gasteiger partial charge < -0.3 is 9.47 Å². The van der Waals surface area contributed by atoms with E-state index in [4.69, 9.17) is 9.47 Å². The molecule has 0 spiro atoms. The molecule has 0 aliphatic heterocycles. The number of nitrogens with one attached hydrogen (secondary N) is 1. The van der Waals surface area contributed by atoms with Gasteiger partial charge in [-0.3, -0.25) is 10.1 Å². The topological polar surface area (TPSA) is 73.3 Å². The van der Waals surface area contributed by atoms with Crippen LogP contribution in [0.15, 0.2) is 54.6 Å². The third-order valence-corrected chi connectivity index (χ3v) is 3.99. The molecule has 0 unspecified atom stereocenters. The molecule has 1 N–H and O–H groups in total. The number of hydrogen-bond acceptors (Lipinski definition) is 6. The maximum atomic E-state index is 12.4. The summed E-state index contributed by atoms with van der Waals surface area (Å²) in [4.78, 5) is 12.4. The number of amides is 1. The monoisotopic (exact) mass is 355 g/mol. The summed E-state index contributed by atoms with van der Waals surface area (Å²) < 4.78 is 11.3. The molecule has 0 saturated heterocycles. The number of hydrogen-bond donors (Lipinski definition) is 1. The number of rotatable bonds is 7. The predicted octanol–water partition coefficient (Wildman–Crippen LogP) is 3.56. The number of benzene rings is 2. The lowest BCUT2D eigenvalue weighted by Crippen LogP contribution is -2.15. The molecule has 0 aliphatic rings. The summed E-state index contributed by atoms with van der Waals surface area (Å²) in [5, 5.41) is 11.8. The van der Waals surface area contributed by atoms with Crippen molar-refractivity contribution in [3.63, 3.8) is 0 Å². The third kappa shape index (κ3) is 4.77. The minimum atomic E-state index is -0.282. The Morgan fingerprint density at radius 3 is 2.48 bits per heavy atom. The van der Waals surface area contributed by atoms with Crippen LogP contribution < -0.4 is 14.8 Å². The van der Waals surface area contributed by atoms with E-state index in [1.165, 1.54) is 11.3 Å². The van der Waals surface area contributed by atoms with Gasteiger partial charge in [0.25, 0.3) is 5.91 Å². The van der Waals surface area contributed by atoms with Crippen molar-refractivity contribution in [2.45, 2.75) is 6.92 Å². The molecule has 3 rings (SSSR count). The van der Waals surface area contributed by atoms with Gasteiger partial charge in [0.2, 0.25) is 5.13 Å². The molecule has 1 amide bonds. The first-order valence-corrected chi connectivity index (χ1v) is 8.55. The predicted molar refractivity (Wildman–Crippen MR) is 96.5 cm³/mol. The molecule has 3 aromatic rings. The number of nitrogens with zero attached hydrogens (tertiary/aromatic N) is 2. The lowest BCUT2D eigenvalue weighted by Gasteiger charge is -2.11. The zero-order valence-corrected chi connectivity index (χ0v) is 14.5. The molecule has 0 aliphatic carbocycles. The molecule has 25 heavy (non-hydrogen) atoms. The number of ether oxygens (including phenoxy) is 2. The van der Waals surface area contributed by atoms with Crippen molar-refractivity contribution < 1.29 is 14.3 Å². The molecule has 1 aromatic heterocycles. The SMILES string of the molecule is Cc1nnc(NC(=O)c2ccccc2OCCOc2ccccc2)s1. The normalized spacial score (nSPS) is 10.3.